The quantitative estimate of drug-likeness (QED) is 0.512. The predicted molar refractivity (Wildman–Crippen MR) is 121 cm³/mol. The van der Waals surface area contributed by atoms with Gasteiger partial charge in [-0.05, 0) is 24.0 Å². The van der Waals surface area contributed by atoms with Crippen molar-refractivity contribution >= 4 is 5.91 Å². The molecule has 0 bridgehead atoms. The Bertz CT molecular complexity index is 626. The smallest absolute Gasteiger partial charge is 0.260 e. The molecule has 7 nitrogen and oxygen atoms in total. The average molecular weight is 437 g/mol. The van der Waals surface area contributed by atoms with Gasteiger partial charge in [0.25, 0.3) is 5.91 Å². The zero-order valence-electron chi connectivity index (χ0n) is 19.5. The summed E-state index contributed by atoms with van der Waals surface area (Å²) in [6, 6.07) is 9.38. The van der Waals surface area contributed by atoms with Gasteiger partial charge in [0.2, 0.25) is 0 Å². The second-order valence-corrected chi connectivity index (χ2v) is 9.13. The van der Waals surface area contributed by atoms with Crippen LogP contribution >= 0.6 is 0 Å². The molecule has 1 amide bonds. The molecule has 1 aliphatic rings. The first-order chi connectivity index (χ1) is 14.8. The van der Waals surface area contributed by atoms with E-state index in [1.165, 1.54) is 0 Å². The molecule has 1 N–H and O–H groups in total. The number of ether oxygens (including phenoxy) is 3. The first-order valence-electron chi connectivity index (χ1n) is 11.4. The van der Waals surface area contributed by atoms with E-state index in [1.807, 2.05) is 35.2 Å². The maximum atomic E-state index is 12.8. The van der Waals surface area contributed by atoms with Crippen LogP contribution in [-0.4, -0.2) is 92.2 Å². The molecule has 0 aromatic heterocycles. The summed E-state index contributed by atoms with van der Waals surface area (Å²) < 4.78 is 17.1. The highest BCUT2D eigenvalue weighted by Crippen LogP contribution is 2.12. The molecule has 1 saturated heterocycles. The standard InChI is InChI=1S/C24H40N2O5/c1-19(2)12-26(24(28)18-31-22-8-6-5-7-9-22)15-23-14-25(10-11-30-23)13-21(27)17-29-16-20(3)4/h5-9,19-21,23,27H,10-18H2,1-4H3. The fourth-order valence-corrected chi connectivity index (χ4v) is 3.57. The molecule has 2 atom stereocenters. The molecule has 0 aliphatic carbocycles. The van der Waals surface area contributed by atoms with Crippen LogP contribution in [0.4, 0.5) is 0 Å². The summed E-state index contributed by atoms with van der Waals surface area (Å²) in [7, 11) is 0. The maximum Gasteiger partial charge on any atom is 0.260 e. The summed E-state index contributed by atoms with van der Waals surface area (Å²) in [6.07, 6.45) is -0.609. The minimum atomic E-state index is -0.523. The molecule has 0 radical (unpaired) electrons. The van der Waals surface area contributed by atoms with Gasteiger partial charge in [0.05, 0.1) is 25.4 Å². The minimum Gasteiger partial charge on any atom is -0.484 e. The largest absolute Gasteiger partial charge is 0.484 e. The van der Waals surface area contributed by atoms with E-state index in [1.54, 1.807) is 0 Å². The average Bonchev–Trinajstić information content (AvgIpc) is 2.72. The highest BCUT2D eigenvalue weighted by Gasteiger charge is 2.26. The number of hydrogen-bond acceptors (Lipinski definition) is 6. The monoisotopic (exact) mass is 436 g/mol. The number of aliphatic hydroxyl groups is 1. The highest BCUT2D eigenvalue weighted by molar-refractivity contribution is 5.77. The van der Waals surface area contributed by atoms with Gasteiger partial charge in [-0.3, -0.25) is 9.69 Å². The van der Waals surface area contributed by atoms with Crippen LogP contribution in [0.25, 0.3) is 0 Å². The molecule has 1 aliphatic heterocycles. The third-order valence-electron chi connectivity index (χ3n) is 4.92. The fraction of sp³-hybridized carbons (Fsp3) is 0.708. The lowest BCUT2D eigenvalue weighted by atomic mass is 10.1. The SMILES string of the molecule is CC(C)COCC(O)CN1CCOC(CN(CC(C)C)C(=O)COc2ccccc2)C1. The number of carbonyl (C=O) groups is 1. The van der Waals surface area contributed by atoms with Gasteiger partial charge < -0.3 is 24.2 Å². The molecule has 0 spiro atoms. The van der Waals surface area contributed by atoms with E-state index < -0.39 is 6.10 Å². The topological polar surface area (TPSA) is 71.5 Å². The van der Waals surface area contributed by atoms with E-state index in [9.17, 15) is 9.90 Å². The number of para-hydroxylation sites is 1. The normalized spacial score (nSPS) is 18.4. The summed E-state index contributed by atoms with van der Waals surface area (Å²) in [5, 5.41) is 10.3. The van der Waals surface area contributed by atoms with Crippen molar-refractivity contribution in [2.45, 2.75) is 39.9 Å². The van der Waals surface area contributed by atoms with E-state index in [0.29, 0.717) is 63.6 Å². The van der Waals surface area contributed by atoms with Crippen molar-refractivity contribution in [2.24, 2.45) is 11.8 Å². The zero-order chi connectivity index (χ0) is 22.6. The van der Waals surface area contributed by atoms with Crippen LogP contribution in [0.5, 0.6) is 5.75 Å². The van der Waals surface area contributed by atoms with Gasteiger partial charge >= 0.3 is 0 Å². The number of carbonyl (C=O) groups excluding carboxylic acids is 1. The molecule has 7 heteroatoms. The van der Waals surface area contributed by atoms with Crippen molar-refractivity contribution < 1.29 is 24.1 Å². The predicted octanol–water partition coefficient (Wildman–Crippen LogP) is 2.28. The summed E-state index contributed by atoms with van der Waals surface area (Å²) >= 11 is 0. The third kappa shape index (κ3) is 10.5. The van der Waals surface area contributed by atoms with Crippen LogP contribution in [0.15, 0.2) is 30.3 Å². The number of benzene rings is 1. The third-order valence-corrected chi connectivity index (χ3v) is 4.92. The van der Waals surface area contributed by atoms with Crippen molar-refractivity contribution in [3.63, 3.8) is 0 Å². The zero-order valence-corrected chi connectivity index (χ0v) is 19.5. The van der Waals surface area contributed by atoms with Gasteiger partial charge in [-0.2, -0.15) is 0 Å². The molecule has 1 aromatic carbocycles. The van der Waals surface area contributed by atoms with Gasteiger partial charge in [-0.1, -0.05) is 45.9 Å². The van der Waals surface area contributed by atoms with Crippen molar-refractivity contribution in [3.8, 4) is 5.75 Å². The van der Waals surface area contributed by atoms with Gasteiger partial charge in [0.1, 0.15) is 5.75 Å². The van der Waals surface area contributed by atoms with Crippen molar-refractivity contribution in [1.82, 2.24) is 9.80 Å². The molecule has 1 heterocycles. The summed E-state index contributed by atoms with van der Waals surface area (Å²) in [4.78, 5) is 16.9. The van der Waals surface area contributed by atoms with Gasteiger partial charge in [-0.25, -0.2) is 0 Å². The number of hydrogen-bond donors (Lipinski definition) is 1. The van der Waals surface area contributed by atoms with Crippen LogP contribution in [-0.2, 0) is 14.3 Å². The number of nitrogens with zero attached hydrogens (tertiary/aromatic N) is 2. The van der Waals surface area contributed by atoms with Crippen LogP contribution in [0.1, 0.15) is 27.7 Å². The molecular formula is C24H40N2O5. The molecular weight excluding hydrogens is 396 g/mol. The van der Waals surface area contributed by atoms with Crippen molar-refractivity contribution in [3.05, 3.63) is 30.3 Å². The van der Waals surface area contributed by atoms with E-state index in [2.05, 4.69) is 32.6 Å². The first kappa shape index (κ1) is 25.6. The summed E-state index contributed by atoms with van der Waals surface area (Å²) in [6.45, 7) is 13.2. The maximum absolute atomic E-state index is 12.8. The fourth-order valence-electron chi connectivity index (χ4n) is 3.57. The Morgan fingerprint density at radius 2 is 1.94 bits per heavy atom. The number of morpholine rings is 1. The van der Waals surface area contributed by atoms with Gasteiger partial charge in [-0.15, -0.1) is 0 Å². The highest BCUT2D eigenvalue weighted by atomic mass is 16.5. The lowest BCUT2D eigenvalue weighted by molar-refractivity contribution is -0.137. The Balaban J connectivity index is 1.83. The molecule has 2 rings (SSSR count). The van der Waals surface area contributed by atoms with E-state index in [4.69, 9.17) is 14.2 Å². The molecule has 0 saturated carbocycles. The lowest BCUT2D eigenvalue weighted by Gasteiger charge is -2.37. The van der Waals surface area contributed by atoms with Crippen LogP contribution < -0.4 is 4.74 Å². The van der Waals surface area contributed by atoms with Gasteiger partial charge in [0.15, 0.2) is 6.61 Å². The minimum absolute atomic E-state index is 0.0130. The van der Waals surface area contributed by atoms with Crippen molar-refractivity contribution in [1.29, 1.82) is 0 Å². The lowest BCUT2D eigenvalue weighted by Crippen LogP contribution is -2.51. The Hall–Kier alpha value is -1.67. The Labute approximate surface area is 187 Å². The van der Waals surface area contributed by atoms with Gasteiger partial charge in [0, 0.05) is 39.3 Å². The Morgan fingerprint density at radius 3 is 2.61 bits per heavy atom. The first-order valence-corrected chi connectivity index (χ1v) is 11.4. The molecule has 2 unspecified atom stereocenters. The molecule has 1 fully saturated rings. The van der Waals surface area contributed by atoms with Crippen LogP contribution in [0, 0.1) is 11.8 Å². The number of rotatable bonds is 13. The number of β-amino-alcohol motifs (C(OH)–C–C–N with tert-alkyl or cyclic N) is 1. The number of aliphatic hydroxyl groups excluding tert-OH is 1. The van der Waals surface area contributed by atoms with E-state index in [0.717, 1.165) is 6.54 Å². The summed E-state index contributed by atoms with van der Waals surface area (Å²) in [5.74, 6) is 1.45. The molecule has 176 valence electrons. The molecule has 1 aromatic rings. The van der Waals surface area contributed by atoms with Crippen LogP contribution in [0.2, 0.25) is 0 Å². The summed E-state index contributed by atoms with van der Waals surface area (Å²) in [5.41, 5.74) is 0. The molecule has 31 heavy (non-hydrogen) atoms. The van der Waals surface area contributed by atoms with Crippen LogP contribution in [0.3, 0.4) is 0 Å². The second kappa shape index (κ2) is 13.7. The Morgan fingerprint density at radius 1 is 1.19 bits per heavy atom. The van der Waals surface area contributed by atoms with Crippen molar-refractivity contribution in [2.75, 3.05) is 59.2 Å². The Kier molecular flexibility index (Phi) is 11.3. The number of amides is 1. The second-order valence-electron chi connectivity index (χ2n) is 9.13. The van der Waals surface area contributed by atoms with E-state index in [-0.39, 0.29) is 18.6 Å². The van der Waals surface area contributed by atoms with E-state index >= 15 is 0 Å².